The van der Waals surface area contributed by atoms with E-state index in [1.54, 1.807) is 0 Å². The van der Waals surface area contributed by atoms with Crippen molar-refractivity contribution in [3.8, 4) is 5.88 Å². The molecule has 0 bridgehead atoms. The molecule has 17 heavy (non-hydrogen) atoms. The first-order valence-corrected chi connectivity index (χ1v) is 5.65. The van der Waals surface area contributed by atoms with Crippen LogP contribution in [0.3, 0.4) is 0 Å². The van der Waals surface area contributed by atoms with Gasteiger partial charge in [0.15, 0.2) is 0 Å². The predicted octanol–water partition coefficient (Wildman–Crippen LogP) is 2.38. The number of hydrogen-bond acceptors (Lipinski definition) is 3. The molecule has 1 heterocycles. The maximum Gasteiger partial charge on any atom is 0.213 e. The Kier molecular flexibility index (Phi) is 4.11. The highest BCUT2D eigenvalue weighted by Crippen LogP contribution is 2.10. The summed E-state index contributed by atoms with van der Waals surface area (Å²) in [6.45, 7) is 1.38. The third-order valence-electron chi connectivity index (χ3n) is 2.41. The third-order valence-corrected chi connectivity index (χ3v) is 2.41. The zero-order valence-electron chi connectivity index (χ0n) is 9.89. The van der Waals surface area contributed by atoms with Crippen LogP contribution in [-0.2, 0) is 13.2 Å². The summed E-state index contributed by atoms with van der Waals surface area (Å²) in [5.74, 6) is 0.661. The molecule has 0 aliphatic carbocycles. The molecule has 88 valence electrons. The molecule has 3 nitrogen and oxygen atoms in total. The Morgan fingerprint density at radius 3 is 2.53 bits per heavy atom. The van der Waals surface area contributed by atoms with Crippen molar-refractivity contribution < 1.29 is 4.74 Å². The SMILES string of the molecule is CNCc1ccc(OCc2ccccc2)nc1. The Labute approximate surface area is 101 Å². The summed E-state index contributed by atoms with van der Waals surface area (Å²) in [7, 11) is 1.92. The Morgan fingerprint density at radius 1 is 1.06 bits per heavy atom. The van der Waals surface area contributed by atoms with Crippen molar-refractivity contribution in [1.82, 2.24) is 10.3 Å². The molecule has 0 aliphatic heterocycles. The van der Waals surface area contributed by atoms with Crippen LogP contribution in [0.1, 0.15) is 11.1 Å². The normalized spacial score (nSPS) is 10.2. The van der Waals surface area contributed by atoms with Gasteiger partial charge in [-0.25, -0.2) is 4.98 Å². The highest BCUT2D eigenvalue weighted by molar-refractivity contribution is 5.19. The lowest BCUT2D eigenvalue weighted by molar-refractivity contribution is 0.293. The first-order valence-electron chi connectivity index (χ1n) is 5.65. The van der Waals surface area contributed by atoms with Crippen molar-refractivity contribution in [3.05, 3.63) is 59.8 Å². The number of rotatable bonds is 5. The van der Waals surface area contributed by atoms with Gasteiger partial charge in [-0.2, -0.15) is 0 Å². The molecule has 1 aromatic carbocycles. The summed E-state index contributed by atoms with van der Waals surface area (Å²) in [5.41, 5.74) is 2.30. The van der Waals surface area contributed by atoms with Crippen LogP contribution in [0.25, 0.3) is 0 Å². The Hall–Kier alpha value is -1.87. The summed E-state index contributed by atoms with van der Waals surface area (Å²) in [6, 6.07) is 14.0. The van der Waals surface area contributed by atoms with Gasteiger partial charge in [-0.3, -0.25) is 0 Å². The van der Waals surface area contributed by atoms with Crippen molar-refractivity contribution in [2.75, 3.05) is 7.05 Å². The van der Waals surface area contributed by atoms with Crippen molar-refractivity contribution in [2.45, 2.75) is 13.2 Å². The molecule has 1 N–H and O–H groups in total. The van der Waals surface area contributed by atoms with Crippen molar-refractivity contribution in [2.24, 2.45) is 0 Å². The van der Waals surface area contributed by atoms with E-state index in [1.807, 2.05) is 55.7 Å². The lowest BCUT2D eigenvalue weighted by Crippen LogP contribution is -2.05. The number of nitrogens with one attached hydrogen (secondary N) is 1. The molecule has 1 aromatic heterocycles. The zero-order valence-corrected chi connectivity index (χ0v) is 9.89. The Bertz CT molecular complexity index is 440. The van der Waals surface area contributed by atoms with E-state index >= 15 is 0 Å². The fraction of sp³-hybridized carbons (Fsp3) is 0.214. The monoisotopic (exact) mass is 228 g/mol. The van der Waals surface area contributed by atoms with E-state index in [0.29, 0.717) is 12.5 Å². The van der Waals surface area contributed by atoms with Crippen molar-refractivity contribution in [3.63, 3.8) is 0 Å². The van der Waals surface area contributed by atoms with Crippen molar-refractivity contribution >= 4 is 0 Å². The summed E-state index contributed by atoms with van der Waals surface area (Å²) in [6.07, 6.45) is 1.83. The fourth-order valence-electron chi connectivity index (χ4n) is 1.54. The smallest absolute Gasteiger partial charge is 0.213 e. The van der Waals surface area contributed by atoms with Crippen LogP contribution in [0.4, 0.5) is 0 Å². The second kappa shape index (κ2) is 6.01. The molecule has 0 spiro atoms. The zero-order chi connectivity index (χ0) is 11.9. The highest BCUT2D eigenvalue weighted by atomic mass is 16.5. The van der Waals surface area contributed by atoms with Crippen LogP contribution in [-0.4, -0.2) is 12.0 Å². The van der Waals surface area contributed by atoms with Gasteiger partial charge in [0.05, 0.1) is 0 Å². The maximum atomic E-state index is 5.59. The highest BCUT2D eigenvalue weighted by Gasteiger charge is 1.97. The molecule has 0 atom stereocenters. The molecule has 0 aliphatic rings. The van der Waals surface area contributed by atoms with Crippen LogP contribution < -0.4 is 10.1 Å². The number of aromatic nitrogens is 1. The second-order valence-electron chi connectivity index (χ2n) is 3.81. The molecule has 0 saturated heterocycles. The van der Waals surface area contributed by atoms with Gasteiger partial charge in [0, 0.05) is 18.8 Å². The van der Waals surface area contributed by atoms with Gasteiger partial charge in [-0.05, 0) is 18.2 Å². The molecule has 3 heteroatoms. The Balaban J connectivity index is 1.91. The number of pyridine rings is 1. The molecule has 0 fully saturated rings. The van der Waals surface area contributed by atoms with E-state index in [0.717, 1.165) is 17.7 Å². The summed E-state index contributed by atoms with van der Waals surface area (Å²) in [5, 5.41) is 3.08. The average molecular weight is 228 g/mol. The molecule has 0 radical (unpaired) electrons. The standard InChI is InChI=1S/C14H16N2O/c1-15-9-13-7-8-14(16-10-13)17-11-12-5-3-2-4-6-12/h2-8,10,15H,9,11H2,1H3. The molecular weight excluding hydrogens is 212 g/mol. The van der Waals surface area contributed by atoms with Crippen LogP contribution in [0, 0.1) is 0 Å². The summed E-state index contributed by atoms with van der Waals surface area (Å²) >= 11 is 0. The van der Waals surface area contributed by atoms with Gasteiger partial charge in [0.2, 0.25) is 5.88 Å². The molecular formula is C14H16N2O. The molecule has 0 saturated carbocycles. The number of nitrogens with zero attached hydrogens (tertiary/aromatic N) is 1. The van der Waals surface area contributed by atoms with Crippen LogP contribution in [0.15, 0.2) is 48.7 Å². The lowest BCUT2D eigenvalue weighted by Gasteiger charge is -2.06. The van der Waals surface area contributed by atoms with E-state index in [-0.39, 0.29) is 0 Å². The number of benzene rings is 1. The fourth-order valence-corrected chi connectivity index (χ4v) is 1.54. The van der Waals surface area contributed by atoms with E-state index in [9.17, 15) is 0 Å². The molecule has 2 rings (SSSR count). The van der Waals surface area contributed by atoms with E-state index < -0.39 is 0 Å². The largest absolute Gasteiger partial charge is 0.473 e. The second-order valence-corrected chi connectivity index (χ2v) is 3.81. The summed E-state index contributed by atoms with van der Waals surface area (Å²) in [4.78, 5) is 4.25. The number of ether oxygens (including phenoxy) is 1. The van der Waals surface area contributed by atoms with Gasteiger partial charge in [-0.15, -0.1) is 0 Å². The maximum absolute atomic E-state index is 5.59. The minimum absolute atomic E-state index is 0.555. The molecule has 2 aromatic rings. The summed E-state index contributed by atoms with van der Waals surface area (Å²) < 4.78 is 5.59. The van der Waals surface area contributed by atoms with Crippen LogP contribution in [0.5, 0.6) is 5.88 Å². The number of hydrogen-bond donors (Lipinski definition) is 1. The third kappa shape index (κ3) is 3.57. The van der Waals surface area contributed by atoms with E-state index in [2.05, 4.69) is 10.3 Å². The first kappa shape index (κ1) is 11.6. The Morgan fingerprint density at radius 2 is 1.88 bits per heavy atom. The molecule has 0 unspecified atom stereocenters. The van der Waals surface area contributed by atoms with Crippen LogP contribution in [0.2, 0.25) is 0 Å². The minimum atomic E-state index is 0.555. The van der Waals surface area contributed by atoms with Gasteiger partial charge in [-0.1, -0.05) is 36.4 Å². The predicted molar refractivity (Wildman–Crippen MR) is 67.8 cm³/mol. The lowest BCUT2D eigenvalue weighted by atomic mass is 10.2. The van der Waals surface area contributed by atoms with Crippen LogP contribution >= 0.6 is 0 Å². The topological polar surface area (TPSA) is 34.1 Å². The van der Waals surface area contributed by atoms with E-state index in [4.69, 9.17) is 4.74 Å². The molecule has 0 amide bonds. The van der Waals surface area contributed by atoms with Crippen molar-refractivity contribution in [1.29, 1.82) is 0 Å². The van der Waals surface area contributed by atoms with Gasteiger partial charge < -0.3 is 10.1 Å². The van der Waals surface area contributed by atoms with Gasteiger partial charge >= 0.3 is 0 Å². The first-order chi connectivity index (χ1) is 8.38. The quantitative estimate of drug-likeness (QED) is 0.853. The van der Waals surface area contributed by atoms with E-state index in [1.165, 1.54) is 0 Å². The average Bonchev–Trinajstić information content (AvgIpc) is 2.40. The van der Waals surface area contributed by atoms with Gasteiger partial charge in [0.1, 0.15) is 6.61 Å². The van der Waals surface area contributed by atoms with Gasteiger partial charge in [0.25, 0.3) is 0 Å². The minimum Gasteiger partial charge on any atom is -0.473 e.